The normalized spacial score (nSPS) is 32.2. The Bertz CT molecular complexity index is 540. The van der Waals surface area contributed by atoms with Crippen LogP contribution in [0.1, 0.15) is 52.0 Å². The summed E-state index contributed by atoms with van der Waals surface area (Å²) in [4.78, 5) is 22.0. The van der Waals surface area contributed by atoms with Gasteiger partial charge in [0.05, 0.1) is 5.54 Å². The van der Waals surface area contributed by atoms with Crippen LogP contribution in [-0.4, -0.2) is 32.1 Å². The van der Waals surface area contributed by atoms with E-state index in [1.165, 1.54) is 6.33 Å². The molecule has 0 aromatic carbocycles. The van der Waals surface area contributed by atoms with Crippen molar-refractivity contribution in [2.45, 2.75) is 58.0 Å². The van der Waals surface area contributed by atoms with E-state index in [9.17, 15) is 9.90 Å². The van der Waals surface area contributed by atoms with E-state index in [-0.39, 0.29) is 17.4 Å². The molecule has 2 aliphatic heterocycles. The largest absolute Gasteiger partial charge is 0.465 e. The Morgan fingerprint density at radius 2 is 1.95 bits per heavy atom. The molecule has 2 fully saturated rings. The molecule has 2 aliphatic rings. The van der Waals surface area contributed by atoms with Gasteiger partial charge in [-0.05, 0) is 37.0 Å². The molecule has 2 bridgehead atoms. The Morgan fingerprint density at radius 1 is 1.29 bits per heavy atom. The molecule has 21 heavy (non-hydrogen) atoms. The first-order valence-corrected chi connectivity index (χ1v) is 7.65. The van der Waals surface area contributed by atoms with Gasteiger partial charge in [0.2, 0.25) is 0 Å². The van der Waals surface area contributed by atoms with Crippen LogP contribution >= 0.6 is 0 Å². The van der Waals surface area contributed by atoms with Crippen molar-refractivity contribution >= 4 is 6.09 Å². The highest BCUT2D eigenvalue weighted by Crippen LogP contribution is 2.58. The van der Waals surface area contributed by atoms with Crippen LogP contribution in [0.2, 0.25) is 0 Å². The Hall–Kier alpha value is -1.65. The number of piperidine rings is 1. The second-order valence-electron chi connectivity index (χ2n) is 7.39. The van der Waals surface area contributed by atoms with Crippen LogP contribution in [0, 0.1) is 11.3 Å². The molecule has 0 spiro atoms. The maximum absolute atomic E-state index is 12.0. The third-order valence-electron chi connectivity index (χ3n) is 5.33. The molecule has 1 amide bonds. The van der Waals surface area contributed by atoms with Crippen molar-refractivity contribution in [3.8, 4) is 0 Å². The fraction of sp³-hybridized carbons (Fsp3) is 0.688. The lowest BCUT2D eigenvalue weighted by atomic mass is 9.62. The first-order valence-electron chi connectivity index (χ1n) is 7.65. The monoisotopic (exact) mass is 289 g/mol. The van der Waals surface area contributed by atoms with Gasteiger partial charge in [0.25, 0.3) is 0 Å². The van der Waals surface area contributed by atoms with Crippen LogP contribution in [0.3, 0.4) is 0 Å². The minimum absolute atomic E-state index is 0.0405. The van der Waals surface area contributed by atoms with Crippen molar-refractivity contribution in [2.75, 3.05) is 0 Å². The summed E-state index contributed by atoms with van der Waals surface area (Å²) in [5, 5.41) is 9.81. The number of nitrogens with zero attached hydrogens (tertiary/aromatic N) is 3. The predicted octanol–water partition coefficient (Wildman–Crippen LogP) is 3.27. The van der Waals surface area contributed by atoms with Crippen molar-refractivity contribution in [3.05, 3.63) is 24.3 Å². The summed E-state index contributed by atoms with van der Waals surface area (Å²) in [6.07, 6.45) is 8.14. The number of hydrogen-bond acceptors (Lipinski definition) is 3. The minimum atomic E-state index is -0.810. The highest BCUT2D eigenvalue weighted by molar-refractivity contribution is 5.68. The number of amides is 1. The third kappa shape index (κ3) is 2.01. The van der Waals surface area contributed by atoms with Gasteiger partial charge in [-0.25, -0.2) is 14.8 Å². The van der Waals surface area contributed by atoms with Crippen LogP contribution in [0.15, 0.2) is 18.7 Å². The van der Waals surface area contributed by atoms with E-state index >= 15 is 0 Å². The van der Waals surface area contributed by atoms with Crippen molar-refractivity contribution < 1.29 is 9.90 Å². The SMILES string of the molecule is CC(C)(C)C1CCC2CCC1(c1cncnc1)N2C(=O)O. The zero-order valence-corrected chi connectivity index (χ0v) is 12.9. The second-order valence-corrected chi connectivity index (χ2v) is 7.39. The summed E-state index contributed by atoms with van der Waals surface area (Å²) in [5.74, 6) is 0.283. The zero-order chi connectivity index (χ0) is 15.3. The predicted molar refractivity (Wildman–Crippen MR) is 78.8 cm³/mol. The number of carbonyl (C=O) groups is 1. The van der Waals surface area contributed by atoms with Crippen LogP contribution < -0.4 is 0 Å². The Morgan fingerprint density at radius 3 is 2.52 bits per heavy atom. The second kappa shape index (κ2) is 4.68. The summed E-state index contributed by atoms with van der Waals surface area (Å²) in [6.45, 7) is 6.63. The molecule has 3 rings (SSSR count). The highest BCUT2D eigenvalue weighted by atomic mass is 16.4. The van der Waals surface area contributed by atoms with Crippen molar-refractivity contribution in [1.29, 1.82) is 0 Å². The van der Waals surface area contributed by atoms with Gasteiger partial charge in [0.15, 0.2) is 0 Å². The van der Waals surface area contributed by atoms with Crippen LogP contribution in [-0.2, 0) is 5.54 Å². The first kappa shape index (κ1) is 14.3. The maximum Gasteiger partial charge on any atom is 0.408 e. The van der Waals surface area contributed by atoms with E-state index < -0.39 is 11.6 Å². The Kier molecular flexibility index (Phi) is 3.19. The number of fused-ring (bicyclic) bond motifs is 2. The van der Waals surface area contributed by atoms with Crippen LogP contribution in [0.5, 0.6) is 0 Å². The highest BCUT2D eigenvalue weighted by Gasteiger charge is 2.60. The summed E-state index contributed by atoms with van der Waals surface area (Å²) in [6, 6.07) is 0.140. The molecular formula is C16H23N3O2. The van der Waals surface area contributed by atoms with E-state index in [1.807, 2.05) is 0 Å². The maximum atomic E-state index is 12.0. The van der Waals surface area contributed by atoms with Crippen molar-refractivity contribution in [2.24, 2.45) is 11.3 Å². The standard InChI is InChI=1S/C16H23N3O2/c1-15(2,3)13-5-4-12-6-7-16(13,19(12)14(20)21)11-8-17-10-18-9-11/h8-10,12-13H,4-7H2,1-3H3,(H,20,21). The molecule has 0 aliphatic carbocycles. The third-order valence-corrected chi connectivity index (χ3v) is 5.33. The van der Waals surface area contributed by atoms with E-state index in [0.29, 0.717) is 0 Å². The van der Waals surface area contributed by atoms with Crippen LogP contribution in [0.4, 0.5) is 4.79 Å². The lowest BCUT2D eigenvalue weighted by Crippen LogP contribution is -2.58. The van der Waals surface area contributed by atoms with Gasteiger partial charge in [-0.3, -0.25) is 4.90 Å². The van der Waals surface area contributed by atoms with Crippen LogP contribution in [0.25, 0.3) is 0 Å². The fourth-order valence-electron chi connectivity index (χ4n) is 4.66. The molecule has 0 saturated carbocycles. The molecule has 0 radical (unpaired) electrons. The van der Waals surface area contributed by atoms with Gasteiger partial charge in [-0.2, -0.15) is 0 Å². The van der Waals surface area contributed by atoms with Gasteiger partial charge in [-0.15, -0.1) is 0 Å². The molecule has 1 aromatic rings. The molecule has 3 unspecified atom stereocenters. The molecular weight excluding hydrogens is 266 g/mol. The average Bonchev–Trinajstić information content (AvgIpc) is 2.69. The zero-order valence-electron chi connectivity index (χ0n) is 12.9. The topological polar surface area (TPSA) is 66.3 Å². The number of carboxylic acid groups (broad SMARTS) is 1. The molecule has 3 heterocycles. The summed E-state index contributed by atoms with van der Waals surface area (Å²) in [7, 11) is 0. The molecule has 3 atom stereocenters. The van der Waals surface area contributed by atoms with Gasteiger partial charge < -0.3 is 5.11 Å². The van der Waals surface area contributed by atoms with Crippen molar-refractivity contribution in [3.63, 3.8) is 0 Å². The summed E-state index contributed by atoms with van der Waals surface area (Å²) >= 11 is 0. The molecule has 1 aromatic heterocycles. The Balaban J connectivity index is 2.18. The molecule has 2 saturated heterocycles. The summed E-state index contributed by atoms with van der Waals surface area (Å²) in [5.41, 5.74) is 0.530. The lowest BCUT2D eigenvalue weighted by Gasteiger charge is -2.53. The smallest absolute Gasteiger partial charge is 0.408 e. The van der Waals surface area contributed by atoms with Crippen molar-refractivity contribution in [1.82, 2.24) is 14.9 Å². The summed E-state index contributed by atoms with van der Waals surface area (Å²) < 4.78 is 0. The average molecular weight is 289 g/mol. The number of hydrogen-bond donors (Lipinski definition) is 1. The van der Waals surface area contributed by atoms with E-state index in [4.69, 9.17) is 0 Å². The van der Waals surface area contributed by atoms with Gasteiger partial charge in [-0.1, -0.05) is 20.8 Å². The lowest BCUT2D eigenvalue weighted by molar-refractivity contribution is -0.0349. The molecule has 1 N–H and O–H groups in total. The van der Waals surface area contributed by atoms with E-state index in [0.717, 1.165) is 31.2 Å². The fourth-order valence-corrected chi connectivity index (χ4v) is 4.66. The first-order chi connectivity index (χ1) is 9.87. The van der Waals surface area contributed by atoms with E-state index in [1.54, 1.807) is 17.3 Å². The molecule has 5 nitrogen and oxygen atoms in total. The van der Waals surface area contributed by atoms with Gasteiger partial charge in [0.1, 0.15) is 6.33 Å². The van der Waals surface area contributed by atoms with Gasteiger partial charge in [0, 0.05) is 24.0 Å². The van der Waals surface area contributed by atoms with Gasteiger partial charge >= 0.3 is 6.09 Å². The minimum Gasteiger partial charge on any atom is -0.465 e. The Labute approximate surface area is 125 Å². The quantitative estimate of drug-likeness (QED) is 0.861. The molecule has 5 heteroatoms. The number of rotatable bonds is 1. The number of aromatic nitrogens is 2. The molecule has 114 valence electrons. The van der Waals surface area contributed by atoms with E-state index in [2.05, 4.69) is 30.7 Å².